The summed E-state index contributed by atoms with van der Waals surface area (Å²) in [6, 6.07) is 78.5. The molecule has 0 bridgehead atoms. The molecule has 0 atom stereocenters. The van der Waals surface area contributed by atoms with Crippen molar-refractivity contribution in [1.82, 2.24) is 28.2 Å². The zero-order valence-corrected chi connectivity index (χ0v) is 53.7. The van der Waals surface area contributed by atoms with Crippen molar-refractivity contribution in [3.8, 4) is 44.4 Å². The molecule has 0 unspecified atom stereocenters. The van der Waals surface area contributed by atoms with Gasteiger partial charge in [-0.1, -0.05) is 192 Å². The third-order valence-corrected chi connectivity index (χ3v) is 20.0. The SMILES string of the molecule is CC(C)(C)c1ccc2c(c1)c1ccccc1n2-c1c(-c2ccncc2)c(-c2nc3ccccc3s2)c(-n2c3ccccc3c3cc(C(C)(C)C)ccc32)c(-n2c3ccccc3c3cc(C(C)(C)C)ccc32)c1-n1c2ccccc2c2cc(C(C)(C)C)ccc21. The molecule has 0 saturated carbocycles. The Kier molecular flexibility index (Phi) is 12.0. The second-order valence-corrected chi connectivity index (χ2v) is 29.7. The van der Waals surface area contributed by atoms with Gasteiger partial charge >= 0.3 is 0 Å². The highest BCUT2D eigenvalue weighted by atomic mass is 32.1. The molecular formula is C82H72N6S. The third-order valence-electron chi connectivity index (χ3n) is 18.9. The van der Waals surface area contributed by atoms with Crippen molar-refractivity contribution < 1.29 is 0 Å². The first-order chi connectivity index (χ1) is 42.7. The fraction of sp³-hybridized carbons (Fsp3) is 0.195. The van der Waals surface area contributed by atoms with Crippen molar-refractivity contribution in [1.29, 1.82) is 0 Å². The van der Waals surface area contributed by atoms with Crippen molar-refractivity contribution >= 4 is 109 Å². The lowest BCUT2D eigenvalue weighted by atomic mass is 9.86. The van der Waals surface area contributed by atoms with Gasteiger partial charge in [-0.3, -0.25) is 4.98 Å². The quantitative estimate of drug-likeness (QED) is 0.167. The molecule has 0 amide bonds. The Morgan fingerprint density at radius 3 is 0.944 bits per heavy atom. The summed E-state index contributed by atoms with van der Waals surface area (Å²) in [7, 11) is 0. The highest BCUT2D eigenvalue weighted by Crippen LogP contribution is 2.56. The van der Waals surface area contributed by atoms with Crippen LogP contribution in [0, 0.1) is 0 Å². The number of nitrogens with zero attached hydrogens (tertiary/aromatic N) is 6. The molecule has 6 heterocycles. The summed E-state index contributed by atoms with van der Waals surface area (Å²) in [5.74, 6) is 0. The molecular weight excluding hydrogens is 1100 g/mol. The minimum absolute atomic E-state index is 0.103. The summed E-state index contributed by atoms with van der Waals surface area (Å²) >= 11 is 1.77. The number of hydrogen-bond acceptors (Lipinski definition) is 3. The van der Waals surface area contributed by atoms with Crippen LogP contribution in [0.15, 0.2) is 219 Å². The molecule has 0 aliphatic heterocycles. The molecule has 6 aromatic heterocycles. The number of benzene rings is 10. The molecule has 16 rings (SSSR count). The Bertz CT molecular complexity index is 5560. The Morgan fingerprint density at radius 1 is 0.292 bits per heavy atom. The van der Waals surface area contributed by atoms with Crippen LogP contribution in [0.25, 0.3) is 142 Å². The van der Waals surface area contributed by atoms with Crippen molar-refractivity contribution in [2.45, 2.75) is 105 Å². The predicted molar refractivity (Wildman–Crippen MR) is 380 cm³/mol. The lowest BCUT2D eigenvalue weighted by Gasteiger charge is -2.31. The molecule has 0 radical (unpaired) electrons. The zero-order valence-electron chi connectivity index (χ0n) is 52.9. The average molecular weight is 1170 g/mol. The highest BCUT2D eigenvalue weighted by molar-refractivity contribution is 7.21. The topological polar surface area (TPSA) is 45.5 Å². The maximum atomic E-state index is 5.91. The fourth-order valence-corrected chi connectivity index (χ4v) is 15.3. The van der Waals surface area contributed by atoms with Crippen LogP contribution < -0.4 is 0 Å². The third kappa shape index (κ3) is 8.41. The van der Waals surface area contributed by atoms with E-state index >= 15 is 0 Å². The average Bonchev–Trinajstić information content (AvgIpc) is 1.62. The van der Waals surface area contributed by atoms with Gasteiger partial charge in [-0.05, 0) is 147 Å². The molecule has 0 saturated heterocycles. The van der Waals surface area contributed by atoms with Crippen LogP contribution in [-0.2, 0) is 21.7 Å². The normalized spacial score (nSPS) is 12.9. The molecule has 10 aromatic carbocycles. The van der Waals surface area contributed by atoms with Crippen LogP contribution in [0.3, 0.4) is 0 Å². The van der Waals surface area contributed by atoms with Crippen LogP contribution in [0.1, 0.15) is 105 Å². The summed E-state index contributed by atoms with van der Waals surface area (Å²) in [6.07, 6.45) is 3.94. The van der Waals surface area contributed by atoms with E-state index in [4.69, 9.17) is 9.97 Å². The molecule has 0 spiro atoms. The number of para-hydroxylation sites is 5. The standard InChI is InChI=1S/C82H72N6S/c1-79(2,3)50-33-37-67-58(45-50)54-23-13-18-28-63(54)85(67)74-72(49-41-43-83-44-42-49)73(78-84-62-27-17-22-32-71(62)89-78)75(86-64-29-19-14-24-55(64)59-46-51(80(4,5)6)34-38-68(59)86)77(88-66-31-21-16-26-57(66)61-48-53(82(10,11)12)36-40-70(61)88)76(74)87-65-30-20-15-25-56(65)60-47-52(81(7,8)9)35-39-69(60)87/h13-48H,1-12H3. The van der Waals surface area contributed by atoms with E-state index in [0.717, 1.165) is 98.8 Å². The monoisotopic (exact) mass is 1170 g/mol. The Labute approximate surface area is 524 Å². The molecule has 0 aliphatic rings. The van der Waals surface area contributed by atoms with Crippen LogP contribution in [0.5, 0.6) is 0 Å². The number of rotatable bonds is 6. The van der Waals surface area contributed by atoms with Crippen molar-refractivity contribution in [2.75, 3.05) is 0 Å². The summed E-state index contributed by atoms with van der Waals surface area (Å²) in [5, 5.41) is 10.5. The van der Waals surface area contributed by atoms with Gasteiger partial charge in [0.25, 0.3) is 0 Å². The van der Waals surface area contributed by atoms with Crippen molar-refractivity contribution in [3.05, 3.63) is 241 Å². The lowest BCUT2D eigenvalue weighted by molar-refractivity contribution is 0.591. The Balaban J connectivity index is 1.29. The van der Waals surface area contributed by atoms with Gasteiger partial charge in [-0.15, -0.1) is 11.3 Å². The van der Waals surface area contributed by atoms with Gasteiger partial charge in [0, 0.05) is 66.6 Å². The van der Waals surface area contributed by atoms with Gasteiger partial charge in [0.15, 0.2) is 0 Å². The molecule has 0 aliphatic carbocycles. The van der Waals surface area contributed by atoms with E-state index in [1.165, 1.54) is 65.3 Å². The first-order valence-corrected chi connectivity index (χ1v) is 32.2. The van der Waals surface area contributed by atoms with Crippen LogP contribution in [0.4, 0.5) is 0 Å². The molecule has 89 heavy (non-hydrogen) atoms. The second kappa shape index (κ2) is 19.5. The number of thiazole rings is 1. The van der Waals surface area contributed by atoms with E-state index in [2.05, 4.69) is 308 Å². The Hall–Kier alpha value is -9.56. The number of pyridine rings is 1. The van der Waals surface area contributed by atoms with E-state index in [9.17, 15) is 0 Å². The smallest absolute Gasteiger partial charge is 0.127 e. The van der Waals surface area contributed by atoms with Gasteiger partial charge in [0.05, 0.1) is 77.1 Å². The number of hydrogen-bond donors (Lipinski definition) is 0. The van der Waals surface area contributed by atoms with Crippen molar-refractivity contribution in [3.63, 3.8) is 0 Å². The van der Waals surface area contributed by atoms with Gasteiger partial charge in [0.2, 0.25) is 0 Å². The summed E-state index contributed by atoms with van der Waals surface area (Å²) in [6.45, 7) is 27.9. The van der Waals surface area contributed by atoms with E-state index < -0.39 is 0 Å². The fourth-order valence-electron chi connectivity index (χ4n) is 14.3. The van der Waals surface area contributed by atoms with Crippen molar-refractivity contribution in [2.24, 2.45) is 0 Å². The van der Waals surface area contributed by atoms with Gasteiger partial charge in [-0.2, -0.15) is 0 Å². The van der Waals surface area contributed by atoms with Crippen LogP contribution in [0.2, 0.25) is 0 Å². The van der Waals surface area contributed by atoms with Gasteiger partial charge < -0.3 is 18.3 Å². The van der Waals surface area contributed by atoms with Crippen LogP contribution >= 0.6 is 11.3 Å². The molecule has 436 valence electrons. The number of aromatic nitrogens is 6. The summed E-state index contributed by atoms with van der Waals surface area (Å²) in [4.78, 5) is 10.7. The molecule has 0 fully saturated rings. The van der Waals surface area contributed by atoms with Gasteiger partial charge in [0.1, 0.15) is 5.01 Å². The Morgan fingerprint density at radius 2 is 0.596 bits per heavy atom. The largest absolute Gasteiger partial charge is 0.306 e. The van der Waals surface area contributed by atoms with E-state index in [1.54, 1.807) is 11.3 Å². The minimum Gasteiger partial charge on any atom is -0.306 e. The number of fused-ring (bicyclic) bond motifs is 13. The zero-order chi connectivity index (χ0) is 61.2. The maximum Gasteiger partial charge on any atom is 0.127 e. The van der Waals surface area contributed by atoms with E-state index in [1.807, 2.05) is 12.4 Å². The molecule has 7 heteroatoms. The first kappa shape index (κ1) is 54.8. The second-order valence-electron chi connectivity index (χ2n) is 28.7. The molecule has 0 N–H and O–H groups in total. The predicted octanol–water partition coefficient (Wildman–Crippen LogP) is 22.6. The molecule has 6 nitrogen and oxygen atoms in total. The summed E-state index contributed by atoms with van der Waals surface area (Å²) in [5.41, 5.74) is 21.8. The molecule has 16 aromatic rings. The first-order valence-electron chi connectivity index (χ1n) is 31.4. The van der Waals surface area contributed by atoms with Crippen LogP contribution in [-0.4, -0.2) is 28.2 Å². The summed E-state index contributed by atoms with van der Waals surface area (Å²) < 4.78 is 11.7. The van der Waals surface area contributed by atoms with Gasteiger partial charge in [-0.25, -0.2) is 4.98 Å². The highest BCUT2D eigenvalue weighted by Gasteiger charge is 2.37. The lowest BCUT2D eigenvalue weighted by Crippen LogP contribution is -2.17. The minimum atomic E-state index is -0.111. The van der Waals surface area contributed by atoms with E-state index in [0.29, 0.717) is 0 Å². The maximum absolute atomic E-state index is 5.91. The van der Waals surface area contributed by atoms with E-state index in [-0.39, 0.29) is 21.7 Å².